The van der Waals surface area contributed by atoms with Crippen LogP contribution >= 0.6 is 11.8 Å². The zero-order chi connectivity index (χ0) is 12.7. The van der Waals surface area contributed by atoms with Crippen molar-refractivity contribution in [2.75, 3.05) is 12.4 Å². The van der Waals surface area contributed by atoms with E-state index in [-0.39, 0.29) is 18.6 Å². The number of thioether (sulfide) groups is 1. The maximum atomic E-state index is 11.8. The van der Waals surface area contributed by atoms with Crippen LogP contribution in [-0.2, 0) is 0 Å². The van der Waals surface area contributed by atoms with E-state index in [1.165, 1.54) is 0 Å². The molecule has 94 valence electrons. The van der Waals surface area contributed by atoms with Crippen LogP contribution in [-0.4, -0.2) is 34.4 Å². The second kappa shape index (κ2) is 7.29. The van der Waals surface area contributed by atoms with E-state index in [0.29, 0.717) is 12.0 Å². The summed E-state index contributed by atoms with van der Waals surface area (Å²) in [5.41, 5.74) is 0.551. The molecule has 0 fully saturated rings. The molecule has 5 heteroatoms. The predicted molar refractivity (Wildman–Crippen MR) is 69.3 cm³/mol. The van der Waals surface area contributed by atoms with Crippen LogP contribution in [0.4, 0.5) is 0 Å². The van der Waals surface area contributed by atoms with Crippen LogP contribution in [0.1, 0.15) is 30.6 Å². The Morgan fingerprint density at radius 1 is 1.59 bits per heavy atom. The van der Waals surface area contributed by atoms with Gasteiger partial charge in [0.1, 0.15) is 0 Å². The Kier molecular flexibility index (Phi) is 6.00. The molecule has 1 atom stereocenters. The third-order valence-electron chi connectivity index (χ3n) is 2.23. The quantitative estimate of drug-likeness (QED) is 0.758. The van der Waals surface area contributed by atoms with Gasteiger partial charge < -0.3 is 10.4 Å². The Morgan fingerprint density at radius 2 is 2.35 bits per heavy atom. The highest BCUT2D eigenvalue weighted by Gasteiger charge is 2.09. The van der Waals surface area contributed by atoms with Crippen LogP contribution in [0, 0.1) is 0 Å². The van der Waals surface area contributed by atoms with E-state index in [0.717, 1.165) is 10.8 Å². The van der Waals surface area contributed by atoms with Gasteiger partial charge in [0.25, 0.3) is 5.91 Å². The van der Waals surface area contributed by atoms with Gasteiger partial charge in [-0.1, -0.05) is 6.92 Å². The lowest BCUT2D eigenvalue weighted by molar-refractivity contribution is 0.0934. The molecule has 1 aromatic heterocycles. The van der Waals surface area contributed by atoms with E-state index in [9.17, 15) is 4.79 Å². The summed E-state index contributed by atoms with van der Waals surface area (Å²) in [6, 6.07) is 3.59. The molecule has 0 saturated carbocycles. The van der Waals surface area contributed by atoms with Gasteiger partial charge >= 0.3 is 0 Å². The molecule has 0 aliphatic carbocycles. The highest BCUT2D eigenvalue weighted by Crippen LogP contribution is 2.14. The molecule has 1 unspecified atom stereocenters. The monoisotopic (exact) mass is 254 g/mol. The topological polar surface area (TPSA) is 62.2 Å². The third kappa shape index (κ3) is 4.75. The summed E-state index contributed by atoms with van der Waals surface area (Å²) in [6.45, 7) is 4.00. The van der Waals surface area contributed by atoms with Crippen LogP contribution < -0.4 is 5.32 Å². The number of aliphatic hydroxyl groups is 1. The summed E-state index contributed by atoms with van der Waals surface area (Å²) >= 11 is 1.64. The second-order valence-corrected chi connectivity index (χ2v) is 4.99. The van der Waals surface area contributed by atoms with Gasteiger partial charge in [-0.05, 0) is 31.2 Å². The minimum absolute atomic E-state index is 0.0304. The molecule has 1 heterocycles. The molecule has 1 rings (SSSR count). The number of pyridine rings is 1. The highest BCUT2D eigenvalue weighted by molar-refractivity contribution is 7.99. The van der Waals surface area contributed by atoms with Crippen molar-refractivity contribution in [3.05, 3.63) is 23.9 Å². The number of nitrogens with zero attached hydrogens (tertiary/aromatic N) is 1. The summed E-state index contributed by atoms with van der Waals surface area (Å²) in [7, 11) is 0. The van der Waals surface area contributed by atoms with Crippen molar-refractivity contribution in [1.82, 2.24) is 10.3 Å². The van der Waals surface area contributed by atoms with Gasteiger partial charge in [-0.15, -0.1) is 11.8 Å². The molecule has 0 bridgehead atoms. The van der Waals surface area contributed by atoms with Crippen molar-refractivity contribution >= 4 is 17.7 Å². The molecule has 1 aromatic rings. The van der Waals surface area contributed by atoms with E-state index in [2.05, 4.69) is 17.2 Å². The van der Waals surface area contributed by atoms with Crippen LogP contribution in [0.3, 0.4) is 0 Å². The smallest absolute Gasteiger partial charge is 0.253 e. The maximum Gasteiger partial charge on any atom is 0.253 e. The fourth-order valence-electron chi connectivity index (χ4n) is 1.32. The van der Waals surface area contributed by atoms with E-state index >= 15 is 0 Å². The van der Waals surface area contributed by atoms with Crippen molar-refractivity contribution in [3.63, 3.8) is 0 Å². The predicted octanol–water partition coefficient (Wildman–Crippen LogP) is 1.69. The van der Waals surface area contributed by atoms with Gasteiger partial charge in [-0.2, -0.15) is 0 Å². The number of nitrogens with one attached hydrogen (secondary N) is 1. The SMILES string of the molecule is CCSc1ccc(C(=O)NC(C)CCO)cn1. The molecular weight excluding hydrogens is 236 g/mol. The summed E-state index contributed by atoms with van der Waals surface area (Å²) in [4.78, 5) is 16.0. The summed E-state index contributed by atoms with van der Waals surface area (Å²) in [6.07, 6.45) is 2.14. The Bertz CT molecular complexity index is 354. The third-order valence-corrected chi connectivity index (χ3v) is 3.06. The standard InChI is InChI=1S/C12H18N2O2S/c1-3-17-11-5-4-10(8-13-11)12(16)14-9(2)6-7-15/h4-5,8-9,15H,3,6-7H2,1-2H3,(H,14,16). The first-order valence-electron chi connectivity index (χ1n) is 5.68. The number of aliphatic hydroxyl groups excluding tert-OH is 1. The molecule has 0 spiro atoms. The maximum absolute atomic E-state index is 11.8. The lowest BCUT2D eigenvalue weighted by Gasteiger charge is -2.12. The molecule has 1 amide bonds. The molecule has 0 aliphatic rings. The summed E-state index contributed by atoms with van der Waals surface area (Å²) in [5.74, 6) is 0.818. The zero-order valence-corrected chi connectivity index (χ0v) is 11.0. The van der Waals surface area contributed by atoms with Gasteiger partial charge in [-0.25, -0.2) is 4.98 Å². The molecule has 0 aromatic carbocycles. The minimum Gasteiger partial charge on any atom is -0.396 e. The van der Waals surface area contributed by atoms with Gasteiger partial charge in [0.15, 0.2) is 0 Å². The van der Waals surface area contributed by atoms with Crippen LogP contribution in [0.25, 0.3) is 0 Å². The van der Waals surface area contributed by atoms with Crippen molar-refractivity contribution in [1.29, 1.82) is 0 Å². The normalized spacial score (nSPS) is 12.2. The zero-order valence-electron chi connectivity index (χ0n) is 10.1. The molecule has 0 aliphatic heterocycles. The molecule has 2 N–H and O–H groups in total. The Morgan fingerprint density at radius 3 is 2.88 bits per heavy atom. The first-order chi connectivity index (χ1) is 8.17. The van der Waals surface area contributed by atoms with Crippen LogP contribution in [0.15, 0.2) is 23.4 Å². The van der Waals surface area contributed by atoms with E-state index in [1.54, 1.807) is 24.0 Å². The van der Waals surface area contributed by atoms with Crippen molar-refractivity contribution < 1.29 is 9.90 Å². The first-order valence-corrected chi connectivity index (χ1v) is 6.66. The first kappa shape index (κ1) is 14.0. The highest BCUT2D eigenvalue weighted by atomic mass is 32.2. The fourth-order valence-corrected chi connectivity index (χ4v) is 1.91. The molecule has 0 saturated heterocycles. The lowest BCUT2D eigenvalue weighted by Crippen LogP contribution is -2.33. The number of rotatable bonds is 6. The number of carbonyl (C=O) groups is 1. The van der Waals surface area contributed by atoms with E-state index in [1.807, 2.05) is 13.0 Å². The molecule has 0 radical (unpaired) electrons. The van der Waals surface area contributed by atoms with Crippen molar-refractivity contribution in [2.24, 2.45) is 0 Å². The number of aromatic nitrogens is 1. The Balaban J connectivity index is 2.57. The van der Waals surface area contributed by atoms with Gasteiger partial charge in [0.05, 0.1) is 10.6 Å². The Labute approximate surface area is 106 Å². The minimum atomic E-state index is -0.147. The van der Waals surface area contributed by atoms with E-state index < -0.39 is 0 Å². The molecule has 17 heavy (non-hydrogen) atoms. The van der Waals surface area contributed by atoms with Crippen LogP contribution in [0.2, 0.25) is 0 Å². The van der Waals surface area contributed by atoms with Crippen LogP contribution in [0.5, 0.6) is 0 Å². The molecular formula is C12H18N2O2S. The number of hydrogen-bond acceptors (Lipinski definition) is 4. The van der Waals surface area contributed by atoms with E-state index in [4.69, 9.17) is 5.11 Å². The summed E-state index contributed by atoms with van der Waals surface area (Å²) in [5, 5.41) is 12.5. The van der Waals surface area contributed by atoms with Gasteiger partial charge in [-0.3, -0.25) is 4.79 Å². The number of carbonyl (C=O) groups excluding carboxylic acids is 1. The van der Waals surface area contributed by atoms with Crippen molar-refractivity contribution in [2.45, 2.75) is 31.3 Å². The number of hydrogen-bond donors (Lipinski definition) is 2. The lowest BCUT2D eigenvalue weighted by atomic mass is 10.2. The fraction of sp³-hybridized carbons (Fsp3) is 0.500. The molecule has 4 nitrogen and oxygen atoms in total. The van der Waals surface area contributed by atoms with Gasteiger partial charge in [0, 0.05) is 18.8 Å². The van der Waals surface area contributed by atoms with Crippen molar-refractivity contribution in [3.8, 4) is 0 Å². The summed E-state index contributed by atoms with van der Waals surface area (Å²) < 4.78 is 0. The largest absolute Gasteiger partial charge is 0.396 e. The average Bonchev–Trinajstić information content (AvgIpc) is 2.30. The Hall–Kier alpha value is -1.07. The average molecular weight is 254 g/mol. The number of amides is 1. The second-order valence-electron chi connectivity index (χ2n) is 3.70. The van der Waals surface area contributed by atoms with Gasteiger partial charge in [0.2, 0.25) is 0 Å².